The summed E-state index contributed by atoms with van der Waals surface area (Å²) in [5.74, 6) is -41.0. The summed E-state index contributed by atoms with van der Waals surface area (Å²) in [4.78, 5) is 0. The van der Waals surface area contributed by atoms with Crippen LogP contribution in [0.3, 0.4) is 0 Å². The van der Waals surface area contributed by atoms with Crippen LogP contribution in [0.2, 0.25) is 0 Å². The molecule has 0 saturated heterocycles. The molecule has 0 saturated carbocycles. The molecular weight excluding hydrogens is 1150 g/mol. The van der Waals surface area contributed by atoms with Crippen LogP contribution in [0.4, 0.5) is 83.4 Å². The number of hydrogen-bond acceptors (Lipinski definition) is 1. The van der Waals surface area contributed by atoms with Gasteiger partial charge in [0, 0.05) is 58.7 Å². The third-order valence-electron chi connectivity index (χ3n) is 14.7. The van der Waals surface area contributed by atoms with Crippen LogP contribution < -0.4 is 0 Å². The molecule has 414 valence electrons. The molecule has 2 nitrogen and oxygen atoms in total. The third-order valence-corrected chi connectivity index (χ3v) is 15.9. The zero-order valence-electron chi connectivity index (χ0n) is 40.9. The Morgan fingerprint density at radius 1 is 0.241 bits per heavy atom. The summed E-state index contributed by atoms with van der Waals surface area (Å²) in [6.07, 6.45) is 0. The van der Waals surface area contributed by atoms with Gasteiger partial charge in [0.1, 0.15) is 0 Å². The molecule has 0 aliphatic carbocycles. The summed E-state index contributed by atoms with van der Waals surface area (Å²) in [7, 11) is 0. The monoisotopic (exact) mass is 1170 g/mol. The molecule has 0 aliphatic rings. The van der Waals surface area contributed by atoms with Crippen LogP contribution in [0.25, 0.3) is 120 Å². The summed E-state index contributed by atoms with van der Waals surface area (Å²) >= 11 is 1.28. The molecule has 0 fully saturated rings. The van der Waals surface area contributed by atoms with Gasteiger partial charge >= 0.3 is 0 Å². The van der Waals surface area contributed by atoms with E-state index < -0.39 is 161 Å². The molecule has 13 rings (SSSR count). The number of fused-ring (bicyclic) bond motifs is 9. The molecule has 0 atom stereocenters. The molecule has 0 bridgehead atoms. The first kappa shape index (κ1) is 53.0. The van der Waals surface area contributed by atoms with Gasteiger partial charge in [0.05, 0.1) is 44.3 Å². The Morgan fingerprint density at radius 3 is 0.723 bits per heavy atom. The predicted octanol–water partition coefficient (Wildman–Crippen LogP) is 19.9. The SMILES string of the molecule is Cc1c(F)c(F)c(-c2ccc3c(c2)c2cc(-c4c(F)c(F)c(F)c(F)c4F)ccc2n3-c2ccc3sc4ccc(-n5c6ccc(-c7c(F)c(F)c(F)c(F)c7F)cc6c6cc(-c7c(F)c(F)c(F)c(F)c7F)ccc65)cc4c3c2)c(F)c1F. The summed E-state index contributed by atoms with van der Waals surface area (Å²) in [5.41, 5.74) is -7.08. The van der Waals surface area contributed by atoms with Gasteiger partial charge in [-0.3, -0.25) is 0 Å². The Hall–Kier alpha value is -9.31. The van der Waals surface area contributed by atoms with Crippen molar-refractivity contribution in [2.75, 3.05) is 0 Å². The fourth-order valence-corrected chi connectivity index (χ4v) is 11.9. The third kappa shape index (κ3) is 7.46. The Bertz CT molecular complexity index is 4430. The highest BCUT2D eigenvalue weighted by atomic mass is 32.1. The lowest BCUT2D eigenvalue weighted by molar-refractivity contribution is 0.381. The maximum Gasteiger partial charge on any atom is 0.200 e. The molecule has 83 heavy (non-hydrogen) atoms. The summed E-state index contributed by atoms with van der Waals surface area (Å²) < 4.78 is 288. The van der Waals surface area contributed by atoms with Crippen molar-refractivity contribution in [2.24, 2.45) is 0 Å². The Balaban J connectivity index is 1.03. The van der Waals surface area contributed by atoms with Crippen LogP contribution in [-0.4, -0.2) is 9.13 Å². The van der Waals surface area contributed by atoms with Crippen LogP contribution in [0, 0.1) is 117 Å². The first-order valence-corrected chi connectivity index (χ1v) is 24.8. The molecule has 3 aromatic heterocycles. The molecule has 13 aromatic rings. The highest BCUT2D eigenvalue weighted by molar-refractivity contribution is 7.25. The summed E-state index contributed by atoms with van der Waals surface area (Å²) in [6, 6.07) is 23.4. The second-order valence-corrected chi connectivity index (χ2v) is 20.2. The Kier molecular flexibility index (Phi) is 11.9. The van der Waals surface area contributed by atoms with Gasteiger partial charge in [-0.1, -0.05) is 24.3 Å². The summed E-state index contributed by atoms with van der Waals surface area (Å²) in [5, 5.41) is 0.830. The van der Waals surface area contributed by atoms with E-state index in [9.17, 15) is 48.3 Å². The minimum Gasteiger partial charge on any atom is -0.309 e. The number of rotatable bonds is 6. The van der Waals surface area contributed by atoms with Crippen LogP contribution in [0.15, 0.2) is 109 Å². The van der Waals surface area contributed by atoms with Gasteiger partial charge in [-0.25, -0.2) is 83.4 Å². The van der Waals surface area contributed by atoms with E-state index in [0.29, 0.717) is 25.9 Å². The van der Waals surface area contributed by atoms with Crippen LogP contribution in [-0.2, 0) is 0 Å². The van der Waals surface area contributed by atoms with Gasteiger partial charge in [0.2, 0.25) is 17.5 Å². The number of aromatic nitrogens is 2. The number of halogens is 19. The lowest BCUT2D eigenvalue weighted by Gasteiger charge is -2.12. The molecule has 0 amide bonds. The molecule has 3 heterocycles. The van der Waals surface area contributed by atoms with Crippen LogP contribution in [0.5, 0.6) is 0 Å². The van der Waals surface area contributed by atoms with Crippen molar-refractivity contribution in [1.29, 1.82) is 0 Å². The molecule has 0 radical (unpaired) electrons. The maximum atomic E-state index is 15.6. The lowest BCUT2D eigenvalue weighted by Crippen LogP contribution is -2.04. The standard InChI is InChI=1S/C61H21F19N2S/c1-20-43(62)45(64)39(46(65)44(20)63)21-2-8-33-27(14-21)28-15-22(40-47(66)53(72)59(78)54(73)48(40)67)3-9-34(28)81(33)25-6-12-37-31(18-25)32-19-26(7-13-38(32)83-37)82-35-10-4-23(41-49(68)55(74)60(79)56(75)50(41)69)16-29(35)30-17-24(5-11-36(30)82)42-51(70)57(76)61(80)58(77)52(42)71/h2-19H,1H3. The summed E-state index contributed by atoms with van der Waals surface area (Å²) in [6.45, 7) is 0.811. The van der Waals surface area contributed by atoms with Gasteiger partial charge in [0.25, 0.3) is 0 Å². The maximum absolute atomic E-state index is 15.6. The molecule has 22 heteroatoms. The van der Waals surface area contributed by atoms with Crippen molar-refractivity contribution in [3.8, 4) is 55.9 Å². The molecule has 10 aromatic carbocycles. The minimum absolute atomic E-state index is 0.000926. The lowest BCUT2D eigenvalue weighted by atomic mass is 9.98. The van der Waals surface area contributed by atoms with E-state index in [1.54, 1.807) is 41.0 Å². The van der Waals surface area contributed by atoms with Crippen molar-refractivity contribution in [3.05, 3.63) is 225 Å². The van der Waals surface area contributed by atoms with E-state index in [4.69, 9.17) is 0 Å². The van der Waals surface area contributed by atoms with E-state index in [1.165, 1.54) is 40.2 Å². The molecule has 0 unspecified atom stereocenters. The second kappa shape index (κ2) is 18.6. The van der Waals surface area contributed by atoms with Crippen molar-refractivity contribution >= 4 is 75.1 Å². The minimum atomic E-state index is -2.45. The quantitative estimate of drug-likeness (QED) is 0.0892. The van der Waals surface area contributed by atoms with Gasteiger partial charge in [-0.15, -0.1) is 11.3 Å². The van der Waals surface area contributed by atoms with Crippen LogP contribution >= 0.6 is 11.3 Å². The van der Waals surface area contributed by atoms with E-state index in [1.807, 2.05) is 0 Å². The largest absolute Gasteiger partial charge is 0.309 e. The first-order chi connectivity index (χ1) is 39.5. The number of nitrogens with zero attached hydrogens (tertiary/aromatic N) is 2. The van der Waals surface area contributed by atoms with E-state index >= 15 is 35.1 Å². The highest BCUT2D eigenvalue weighted by Gasteiger charge is 2.32. The highest BCUT2D eigenvalue weighted by Crippen LogP contribution is 2.46. The Morgan fingerprint density at radius 2 is 0.470 bits per heavy atom. The van der Waals surface area contributed by atoms with E-state index in [0.717, 1.165) is 55.5 Å². The molecule has 0 aliphatic heterocycles. The van der Waals surface area contributed by atoms with Crippen molar-refractivity contribution in [2.45, 2.75) is 6.92 Å². The predicted molar refractivity (Wildman–Crippen MR) is 274 cm³/mol. The second-order valence-electron chi connectivity index (χ2n) is 19.2. The van der Waals surface area contributed by atoms with Crippen LogP contribution in [0.1, 0.15) is 5.56 Å². The van der Waals surface area contributed by atoms with Crippen molar-refractivity contribution in [3.63, 3.8) is 0 Å². The number of thiophene rings is 1. The molecule has 0 spiro atoms. The normalized spacial score (nSPS) is 12.1. The van der Waals surface area contributed by atoms with Gasteiger partial charge in [-0.05, 0) is 114 Å². The molecular formula is C61H21F19N2S. The van der Waals surface area contributed by atoms with Crippen molar-refractivity contribution in [1.82, 2.24) is 9.13 Å². The zero-order chi connectivity index (χ0) is 58.8. The fraction of sp³-hybridized carbons (Fsp3) is 0.0164. The van der Waals surface area contributed by atoms with Gasteiger partial charge in [-0.2, -0.15) is 0 Å². The fourth-order valence-electron chi connectivity index (χ4n) is 10.8. The van der Waals surface area contributed by atoms with Gasteiger partial charge < -0.3 is 9.13 Å². The smallest absolute Gasteiger partial charge is 0.200 e. The van der Waals surface area contributed by atoms with Crippen molar-refractivity contribution < 1.29 is 83.4 Å². The number of hydrogen-bond donors (Lipinski definition) is 0. The zero-order valence-corrected chi connectivity index (χ0v) is 41.7. The average Bonchev–Trinajstić information content (AvgIpc) is 2.24. The topological polar surface area (TPSA) is 9.86 Å². The van der Waals surface area contributed by atoms with E-state index in [-0.39, 0.29) is 49.3 Å². The molecule has 0 N–H and O–H groups in total. The Labute approximate surface area is 454 Å². The number of benzene rings is 10. The first-order valence-electron chi connectivity index (χ1n) is 24.0. The average molecular weight is 1170 g/mol. The van der Waals surface area contributed by atoms with E-state index in [2.05, 4.69) is 0 Å². The van der Waals surface area contributed by atoms with Gasteiger partial charge in [0.15, 0.2) is 93.1 Å².